The number of amides is 2. The second-order valence-corrected chi connectivity index (χ2v) is 8.51. The highest BCUT2D eigenvalue weighted by molar-refractivity contribution is 6.06. The molecule has 8 heteroatoms. The lowest BCUT2D eigenvalue weighted by molar-refractivity contribution is -0.145. The second-order valence-electron chi connectivity index (χ2n) is 8.51. The number of hydrogen-bond donors (Lipinski definition) is 2. The molecule has 1 aliphatic heterocycles. The number of methoxy groups -OCH3 is 2. The van der Waals surface area contributed by atoms with Gasteiger partial charge in [0.15, 0.2) is 0 Å². The number of nitrogens with one attached hydrogen (secondary N) is 2. The number of anilines is 2. The Hall–Kier alpha value is -3.55. The summed E-state index contributed by atoms with van der Waals surface area (Å²) in [6.07, 6.45) is 1.61. The first-order chi connectivity index (χ1) is 15.5. The maximum absolute atomic E-state index is 13.0. The highest BCUT2D eigenvalue weighted by atomic mass is 16.6. The zero-order valence-electron chi connectivity index (χ0n) is 17.8. The third kappa shape index (κ3) is 3.36. The van der Waals surface area contributed by atoms with Gasteiger partial charge in [-0.3, -0.25) is 14.4 Å². The number of ether oxygens (including phenoxy) is 3. The van der Waals surface area contributed by atoms with E-state index in [4.69, 9.17) is 14.2 Å². The quantitative estimate of drug-likeness (QED) is 0.675. The van der Waals surface area contributed by atoms with E-state index in [1.807, 2.05) is 0 Å². The van der Waals surface area contributed by atoms with Crippen molar-refractivity contribution in [1.29, 1.82) is 0 Å². The van der Waals surface area contributed by atoms with E-state index in [0.717, 1.165) is 12.8 Å². The Morgan fingerprint density at radius 3 is 2.66 bits per heavy atom. The van der Waals surface area contributed by atoms with Gasteiger partial charge >= 0.3 is 5.97 Å². The number of esters is 1. The molecule has 1 heterocycles. The summed E-state index contributed by atoms with van der Waals surface area (Å²) in [6.45, 7) is 0. The van der Waals surface area contributed by atoms with E-state index in [1.165, 1.54) is 7.11 Å². The molecule has 2 amide bonds. The lowest BCUT2D eigenvalue weighted by Gasteiger charge is -2.23. The van der Waals surface area contributed by atoms with Crippen LogP contribution in [0.5, 0.6) is 11.5 Å². The van der Waals surface area contributed by atoms with Gasteiger partial charge in [-0.1, -0.05) is 6.07 Å². The van der Waals surface area contributed by atoms with Crippen LogP contribution in [0.15, 0.2) is 42.5 Å². The fourth-order valence-corrected chi connectivity index (χ4v) is 5.43. The lowest BCUT2D eigenvalue weighted by atomic mass is 9.79. The van der Waals surface area contributed by atoms with Gasteiger partial charge in [0.25, 0.3) is 5.91 Å². The second kappa shape index (κ2) is 7.85. The van der Waals surface area contributed by atoms with E-state index in [-0.39, 0.29) is 47.6 Å². The van der Waals surface area contributed by atoms with Gasteiger partial charge in [0.1, 0.15) is 17.6 Å². The standard InChI is InChI=1S/C24H24N2O6/c1-30-15-6-7-18(31-2)17(11-15)26-22(27)12-4-3-5-14(8-12)25-23(28)20-13-9-16-19(10-13)32-24(29)21(16)20/h3-8,11,13,16,19-21H,9-10H2,1-2H3,(H,25,28)(H,26,27)/t13-,16+,19-,20-,21-/m1/s1. The molecule has 5 rings (SSSR count). The molecule has 5 atom stereocenters. The lowest BCUT2D eigenvalue weighted by Crippen LogP contribution is -2.35. The van der Waals surface area contributed by atoms with Crippen LogP contribution in [0.4, 0.5) is 11.4 Å². The first kappa shape index (κ1) is 20.4. The predicted molar refractivity (Wildman–Crippen MR) is 116 cm³/mol. The molecule has 0 unspecified atom stereocenters. The Morgan fingerprint density at radius 2 is 1.88 bits per heavy atom. The van der Waals surface area contributed by atoms with Crippen LogP contribution in [0.1, 0.15) is 23.2 Å². The van der Waals surface area contributed by atoms with Crippen molar-refractivity contribution in [3.05, 3.63) is 48.0 Å². The molecule has 2 saturated carbocycles. The Kier molecular flexibility index (Phi) is 5.00. The molecule has 2 bridgehead atoms. The first-order valence-corrected chi connectivity index (χ1v) is 10.6. The SMILES string of the molecule is COc1ccc(OC)c(NC(=O)c2cccc(NC(=O)[C@@H]3[C@@H]4C[C@@H]5[C@H]3C(=O)O[C@@H]5C4)c2)c1. The molecule has 166 valence electrons. The van der Waals surface area contributed by atoms with Crippen LogP contribution in [0.2, 0.25) is 0 Å². The van der Waals surface area contributed by atoms with Crippen molar-refractivity contribution in [3.8, 4) is 11.5 Å². The monoisotopic (exact) mass is 436 g/mol. The van der Waals surface area contributed by atoms with E-state index in [2.05, 4.69) is 10.6 Å². The number of benzene rings is 2. The summed E-state index contributed by atoms with van der Waals surface area (Å²) in [6, 6.07) is 11.8. The predicted octanol–water partition coefficient (Wildman–Crippen LogP) is 3.09. The Labute approximate surface area is 185 Å². The molecule has 2 aromatic carbocycles. The molecule has 0 spiro atoms. The van der Waals surface area contributed by atoms with E-state index in [1.54, 1.807) is 49.6 Å². The minimum absolute atomic E-state index is 0.0119. The number of hydrogen-bond acceptors (Lipinski definition) is 6. The number of fused-ring (bicyclic) bond motifs is 1. The van der Waals surface area contributed by atoms with Crippen LogP contribution in [-0.2, 0) is 14.3 Å². The molecule has 2 N–H and O–H groups in total. The Morgan fingerprint density at radius 1 is 1.03 bits per heavy atom. The van der Waals surface area contributed by atoms with Crippen LogP contribution in [0.25, 0.3) is 0 Å². The molecule has 0 aromatic heterocycles. The van der Waals surface area contributed by atoms with E-state index in [9.17, 15) is 14.4 Å². The van der Waals surface area contributed by atoms with Crippen molar-refractivity contribution in [3.63, 3.8) is 0 Å². The van der Waals surface area contributed by atoms with Gasteiger partial charge in [-0.15, -0.1) is 0 Å². The maximum Gasteiger partial charge on any atom is 0.310 e. The summed E-state index contributed by atoms with van der Waals surface area (Å²) in [5, 5.41) is 5.72. The molecule has 0 radical (unpaired) electrons. The van der Waals surface area contributed by atoms with Gasteiger partial charge in [-0.05, 0) is 49.1 Å². The summed E-state index contributed by atoms with van der Waals surface area (Å²) in [4.78, 5) is 38.1. The smallest absolute Gasteiger partial charge is 0.310 e. The Bertz CT molecular complexity index is 1100. The van der Waals surface area contributed by atoms with Gasteiger partial charge in [-0.25, -0.2) is 0 Å². The molecule has 2 aliphatic carbocycles. The van der Waals surface area contributed by atoms with Gasteiger partial charge in [0.2, 0.25) is 5.91 Å². The van der Waals surface area contributed by atoms with Crippen LogP contribution < -0.4 is 20.1 Å². The fourth-order valence-electron chi connectivity index (χ4n) is 5.43. The summed E-state index contributed by atoms with van der Waals surface area (Å²) in [7, 11) is 3.06. The summed E-state index contributed by atoms with van der Waals surface area (Å²) < 4.78 is 15.9. The fraction of sp³-hybridized carbons (Fsp3) is 0.375. The average molecular weight is 436 g/mol. The zero-order chi connectivity index (χ0) is 22.4. The molecule has 3 fully saturated rings. The summed E-state index contributed by atoms with van der Waals surface area (Å²) in [5.41, 5.74) is 1.36. The highest BCUT2D eigenvalue weighted by Crippen LogP contribution is 2.57. The van der Waals surface area contributed by atoms with Crippen molar-refractivity contribution < 1.29 is 28.6 Å². The third-order valence-corrected chi connectivity index (χ3v) is 6.83. The van der Waals surface area contributed by atoms with Gasteiger partial charge < -0.3 is 24.8 Å². The van der Waals surface area contributed by atoms with E-state index >= 15 is 0 Å². The number of carbonyl (C=O) groups excluding carboxylic acids is 3. The number of carbonyl (C=O) groups is 3. The Balaban J connectivity index is 1.30. The largest absolute Gasteiger partial charge is 0.497 e. The van der Waals surface area contributed by atoms with Crippen molar-refractivity contribution in [1.82, 2.24) is 0 Å². The van der Waals surface area contributed by atoms with E-state index < -0.39 is 0 Å². The third-order valence-electron chi connectivity index (χ3n) is 6.83. The average Bonchev–Trinajstić information content (AvgIpc) is 3.42. The number of rotatable bonds is 6. The maximum atomic E-state index is 13.0. The molecule has 3 aliphatic rings. The van der Waals surface area contributed by atoms with Gasteiger partial charge in [-0.2, -0.15) is 0 Å². The van der Waals surface area contributed by atoms with Crippen molar-refractivity contribution in [2.75, 3.05) is 24.9 Å². The molecular weight excluding hydrogens is 412 g/mol. The van der Waals surface area contributed by atoms with Crippen LogP contribution in [0.3, 0.4) is 0 Å². The topological polar surface area (TPSA) is 103 Å². The minimum atomic E-state index is -0.371. The molecule has 8 nitrogen and oxygen atoms in total. The summed E-state index contributed by atoms with van der Waals surface area (Å²) >= 11 is 0. The first-order valence-electron chi connectivity index (χ1n) is 10.6. The van der Waals surface area contributed by atoms with Gasteiger partial charge in [0.05, 0.1) is 31.7 Å². The minimum Gasteiger partial charge on any atom is -0.497 e. The van der Waals surface area contributed by atoms with Crippen molar-refractivity contribution in [2.45, 2.75) is 18.9 Å². The van der Waals surface area contributed by atoms with Crippen LogP contribution >= 0.6 is 0 Å². The zero-order valence-corrected chi connectivity index (χ0v) is 17.8. The molecule has 1 saturated heterocycles. The normalized spacial score (nSPS) is 27.1. The van der Waals surface area contributed by atoms with Crippen LogP contribution in [0, 0.1) is 23.7 Å². The summed E-state index contributed by atoms with van der Waals surface area (Å²) in [5.74, 6) is -0.0772. The molecular formula is C24H24N2O6. The highest BCUT2D eigenvalue weighted by Gasteiger charge is 2.63. The molecule has 32 heavy (non-hydrogen) atoms. The van der Waals surface area contributed by atoms with Gasteiger partial charge in [0, 0.05) is 23.2 Å². The molecule has 2 aromatic rings. The van der Waals surface area contributed by atoms with Crippen molar-refractivity contribution in [2.24, 2.45) is 23.7 Å². The van der Waals surface area contributed by atoms with Crippen molar-refractivity contribution >= 4 is 29.2 Å². The van der Waals surface area contributed by atoms with Crippen LogP contribution in [-0.4, -0.2) is 38.1 Å². The van der Waals surface area contributed by atoms with E-state index in [0.29, 0.717) is 28.4 Å².